The van der Waals surface area contributed by atoms with E-state index in [2.05, 4.69) is 81.2 Å². The average molecular weight is 888 g/mol. The molecule has 2 atom stereocenters. The van der Waals surface area contributed by atoms with Crippen molar-refractivity contribution < 1.29 is 42.8 Å². The SMILES string of the molecule is CC/C=C\CCCCCOC(CCC(=O)OCC(COC(=O)CCCCCCC/C=C\C/C=C\CCCCC)COC(=O)OCC1CCCN(CC)C1)OCCCCC/C=C\CC. The van der Waals surface area contributed by atoms with E-state index in [9.17, 15) is 14.4 Å². The Morgan fingerprint density at radius 1 is 0.571 bits per heavy atom. The summed E-state index contributed by atoms with van der Waals surface area (Å²) < 4.78 is 34.5. The molecule has 0 radical (unpaired) electrons. The molecule has 2 unspecified atom stereocenters. The van der Waals surface area contributed by atoms with Crippen LogP contribution in [0.4, 0.5) is 4.79 Å². The Morgan fingerprint density at radius 2 is 1.10 bits per heavy atom. The number of unbranched alkanes of at least 4 members (excludes halogenated alkanes) is 14. The third-order valence-corrected chi connectivity index (χ3v) is 11.2. The van der Waals surface area contributed by atoms with Crippen molar-refractivity contribution in [2.75, 3.05) is 59.3 Å². The number of hydrogen-bond donors (Lipinski definition) is 0. The molecule has 0 bridgehead atoms. The minimum atomic E-state index is -0.761. The molecule has 0 spiro atoms. The molecular formula is C53H93NO9. The zero-order chi connectivity index (χ0) is 45.7. The van der Waals surface area contributed by atoms with E-state index in [1.54, 1.807) is 0 Å². The third kappa shape index (κ3) is 38.1. The van der Waals surface area contributed by atoms with Crippen LogP contribution in [0.25, 0.3) is 0 Å². The highest BCUT2D eigenvalue weighted by molar-refractivity contribution is 5.69. The van der Waals surface area contributed by atoms with E-state index in [4.69, 9.17) is 28.4 Å². The number of likely N-dealkylation sites (tertiary alicyclic amines) is 1. The summed E-state index contributed by atoms with van der Waals surface area (Å²) in [5, 5.41) is 0. The minimum absolute atomic E-state index is 0.0228. The van der Waals surface area contributed by atoms with Gasteiger partial charge in [0.25, 0.3) is 0 Å². The van der Waals surface area contributed by atoms with Gasteiger partial charge in [0, 0.05) is 38.5 Å². The molecule has 1 rings (SSSR count). The lowest BCUT2D eigenvalue weighted by Gasteiger charge is -2.31. The number of esters is 2. The molecule has 10 nitrogen and oxygen atoms in total. The molecular weight excluding hydrogens is 795 g/mol. The molecule has 0 aromatic rings. The van der Waals surface area contributed by atoms with Crippen molar-refractivity contribution in [3.05, 3.63) is 48.6 Å². The monoisotopic (exact) mass is 888 g/mol. The maximum atomic E-state index is 13.0. The zero-order valence-corrected chi connectivity index (χ0v) is 40.7. The molecule has 1 saturated heterocycles. The number of allylic oxidation sites excluding steroid dienone is 8. The lowest BCUT2D eigenvalue weighted by Crippen LogP contribution is -2.37. The highest BCUT2D eigenvalue weighted by Gasteiger charge is 2.23. The van der Waals surface area contributed by atoms with Crippen LogP contribution in [0.15, 0.2) is 48.6 Å². The van der Waals surface area contributed by atoms with Gasteiger partial charge in [0.05, 0.1) is 18.9 Å². The summed E-state index contributed by atoms with van der Waals surface area (Å²) in [7, 11) is 0. The average Bonchev–Trinajstić information content (AvgIpc) is 3.29. The number of piperidine rings is 1. The summed E-state index contributed by atoms with van der Waals surface area (Å²) in [6, 6.07) is 0. The van der Waals surface area contributed by atoms with E-state index in [0.29, 0.717) is 32.7 Å². The summed E-state index contributed by atoms with van der Waals surface area (Å²) >= 11 is 0. The fourth-order valence-corrected chi connectivity index (χ4v) is 7.31. The topological polar surface area (TPSA) is 110 Å². The van der Waals surface area contributed by atoms with Crippen LogP contribution in [-0.2, 0) is 38.0 Å². The zero-order valence-electron chi connectivity index (χ0n) is 40.7. The molecule has 0 aromatic heterocycles. The molecule has 1 aliphatic heterocycles. The summed E-state index contributed by atoms with van der Waals surface area (Å²) in [5.74, 6) is -0.956. The normalized spacial score (nSPS) is 15.3. The van der Waals surface area contributed by atoms with Gasteiger partial charge in [-0.25, -0.2) is 4.79 Å². The first-order valence-corrected chi connectivity index (χ1v) is 25.6. The molecule has 0 amide bonds. The molecule has 364 valence electrons. The van der Waals surface area contributed by atoms with Gasteiger partial charge in [-0.05, 0) is 116 Å². The van der Waals surface area contributed by atoms with Crippen LogP contribution in [0.5, 0.6) is 0 Å². The van der Waals surface area contributed by atoms with E-state index in [-0.39, 0.29) is 38.1 Å². The molecule has 1 heterocycles. The van der Waals surface area contributed by atoms with Gasteiger partial charge in [0.2, 0.25) is 0 Å². The van der Waals surface area contributed by atoms with Crippen LogP contribution in [0.3, 0.4) is 0 Å². The van der Waals surface area contributed by atoms with E-state index < -0.39 is 24.3 Å². The van der Waals surface area contributed by atoms with Crippen molar-refractivity contribution in [2.24, 2.45) is 11.8 Å². The highest BCUT2D eigenvalue weighted by Crippen LogP contribution is 2.17. The largest absolute Gasteiger partial charge is 0.508 e. The number of rotatable bonds is 42. The van der Waals surface area contributed by atoms with Crippen molar-refractivity contribution in [1.82, 2.24) is 4.90 Å². The van der Waals surface area contributed by atoms with Gasteiger partial charge < -0.3 is 33.3 Å². The Hall–Kier alpha value is -2.95. The van der Waals surface area contributed by atoms with E-state index in [0.717, 1.165) is 142 Å². The predicted octanol–water partition coefficient (Wildman–Crippen LogP) is 13.6. The Bertz CT molecular complexity index is 1170. The maximum Gasteiger partial charge on any atom is 0.508 e. The first kappa shape index (κ1) is 58.1. The lowest BCUT2D eigenvalue weighted by molar-refractivity contribution is -0.161. The van der Waals surface area contributed by atoms with Gasteiger partial charge >= 0.3 is 18.1 Å². The number of hydrogen-bond acceptors (Lipinski definition) is 10. The first-order valence-electron chi connectivity index (χ1n) is 25.6. The van der Waals surface area contributed by atoms with Crippen molar-refractivity contribution in [2.45, 2.75) is 201 Å². The van der Waals surface area contributed by atoms with E-state index >= 15 is 0 Å². The van der Waals surface area contributed by atoms with Crippen LogP contribution in [-0.4, -0.2) is 88.6 Å². The van der Waals surface area contributed by atoms with Crippen molar-refractivity contribution >= 4 is 18.1 Å². The predicted molar refractivity (Wildman–Crippen MR) is 258 cm³/mol. The molecule has 0 aromatic carbocycles. The number of nitrogens with zero attached hydrogens (tertiary/aromatic N) is 1. The van der Waals surface area contributed by atoms with Crippen LogP contribution >= 0.6 is 0 Å². The molecule has 63 heavy (non-hydrogen) atoms. The second-order valence-corrected chi connectivity index (χ2v) is 17.2. The molecule has 1 fully saturated rings. The fraction of sp³-hybridized carbons (Fsp3) is 0.792. The quantitative estimate of drug-likeness (QED) is 0.0193. The molecule has 0 N–H and O–H groups in total. The first-order chi connectivity index (χ1) is 30.9. The molecule has 0 saturated carbocycles. The van der Waals surface area contributed by atoms with Gasteiger partial charge in [-0.15, -0.1) is 0 Å². The van der Waals surface area contributed by atoms with Gasteiger partial charge in [0.1, 0.15) is 19.8 Å². The smallest absolute Gasteiger partial charge is 0.465 e. The van der Waals surface area contributed by atoms with E-state index in [1.807, 2.05) is 0 Å². The highest BCUT2D eigenvalue weighted by atomic mass is 16.7. The Morgan fingerprint density at radius 3 is 1.68 bits per heavy atom. The summed E-state index contributed by atoms with van der Waals surface area (Å²) in [6.07, 6.45) is 42.4. The second-order valence-electron chi connectivity index (χ2n) is 17.2. The Balaban J connectivity index is 2.58. The maximum absolute atomic E-state index is 13.0. The summed E-state index contributed by atoms with van der Waals surface area (Å²) in [5.41, 5.74) is 0. The Labute approximate surface area is 385 Å². The lowest BCUT2D eigenvalue weighted by atomic mass is 9.99. The number of carbonyl (C=O) groups excluding carboxylic acids is 3. The molecule has 10 heteroatoms. The summed E-state index contributed by atoms with van der Waals surface area (Å²) in [4.78, 5) is 40.7. The van der Waals surface area contributed by atoms with Gasteiger partial charge in [-0.3, -0.25) is 9.59 Å². The van der Waals surface area contributed by atoms with Crippen molar-refractivity contribution in [1.29, 1.82) is 0 Å². The van der Waals surface area contributed by atoms with E-state index in [1.165, 1.54) is 25.7 Å². The van der Waals surface area contributed by atoms with Crippen molar-refractivity contribution in [3.63, 3.8) is 0 Å². The fourth-order valence-electron chi connectivity index (χ4n) is 7.31. The standard InChI is InChI=1S/C53H93NO9/c1-5-9-12-15-18-19-20-21-22-23-24-25-26-29-32-37-50(55)60-45-49(47-63-53(57)62-44-48-36-35-40-54(8-4)43-48)46-61-51(56)38-39-52(58-41-33-30-27-16-13-10-6-2)59-42-34-31-28-17-14-11-7-3/h10-11,13-14,18-19,21-22,48-49,52H,5-9,12,15-17,20,23-47H2,1-4H3/b13-10-,14-11-,19-18-,22-21-. The van der Waals surface area contributed by atoms with Crippen LogP contribution in [0.2, 0.25) is 0 Å². The van der Waals surface area contributed by atoms with Crippen molar-refractivity contribution in [3.8, 4) is 0 Å². The third-order valence-electron chi connectivity index (χ3n) is 11.2. The summed E-state index contributed by atoms with van der Waals surface area (Å²) in [6.45, 7) is 12.9. The number of carbonyl (C=O) groups is 3. The van der Waals surface area contributed by atoms with Crippen LogP contribution in [0, 0.1) is 11.8 Å². The van der Waals surface area contributed by atoms with Gasteiger partial charge in [-0.2, -0.15) is 0 Å². The van der Waals surface area contributed by atoms with Crippen LogP contribution < -0.4 is 0 Å². The Kier molecular flexibility index (Phi) is 40.8. The minimum Gasteiger partial charge on any atom is -0.465 e. The van der Waals surface area contributed by atoms with Gasteiger partial charge in [0.15, 0.2) is 6.29 Å². The van der Waals surface area contributed by atoms with Gasteiger partial charge in [-0.1, -0.05) is 121 Å². The second kappa shape index (κ2) is 44.3. The molecule has 0 aliphatic carbocycles. The molecule has 1 aliphatic rings. The van der Waals surface area contributed by atoms with Crippen LogP contribution in [0.1, 0.15) is 195 Å². The number of ether oxygens (including phenoxy) is 6.